The fourth-order valence-corrected chi connectivity index (χ4v) is 4.08. The van der Waals surface area contributed by atoms with Crippen LogP contribution < -0.4 is 0 Å². The zero-order valence-electron chi connectivity index (χ0n) is 13.3. The average Bonchev–Trinajstić information content (AvgIpc) is 3.01. The van der Waals surface area contributed by atoms with Gasteiger partial charge in [-0.2, -0.15) is 0 Å². The fourth-order valence-electron chi connectivity index (χ4n) is 4.08. The molecule has 3 heteroatoms. The Bertz CT molecular complexity index is 607. The number of fused-ring (bicyclic) bond motifs is 1. The maximum absolute atomic E-state index is 5.73. The van der Waals surface area contributed by atoms with E-state index in [4.69, 9.17) is 4.42 Å². The fraction of sp³-hybridized carbons (Fsp3) is 0.619. The van der Waals surface area contributed by atoms with Crippen molar-refractivity contribution in [2.45, 2.75) is 52.9 Å². The Morgan fingerprint density at radius 3 is 2.29 bits per heavy atom. The average molecular weight is 331 g/mol. The molecular weight excluding hydrogens is 296 g/mol. The van der Waals surface area contributed by atoms with Crippen LogP contribution in [0.4, 0.5) is 0 Å². The Morgan fingerprint density at radius 2 is 1.54 bits per heavy atom. The van der Waals surface area contributed by atoms with E-state index in [-0.39, 0.29) is 14.9 Å². The monoisotopic (exact) mass is 330 g/mol. The predicted molar refractivity (Wildman–Crippen MR) is 104 cm³/mol. The number of likely N-dealkylation sites (tertiary alicyclic amines) is 2. The van der Waals surface area contributed by atoms with Crippen LogP contribution in [0.1, 0.15) is 58.4 Å². The Balaban J connectivity index is 0.00000104. The van der Waals surface area contributed by atoms with Gasteiger partial charge in [-0.3, -0.25) is 9.80 Å². The lowest BCUT2D eigenvalue weighted by Crippen LogP contribution is -2.43. The van der Waals surface area contributed by atoms with Crippen LogP contribution in [0.3, 0.4) is 0 Å². The lowest BCUT2D eigenvalue weighted by molar-refractivity contribution is 0.0927. The maximum atomic E-state index is 5.73. The number of piperidine rings is 2. The summed E-state index contributed by atoms with van der Waals surface area (Å²) < 4.78 is 5.73. The molecular formula is C21H34N2O. The van der Waals surface area contributed by atoms with Crippen LogP contribution in [-0.2, 0) is 0 Å². The van der Waals surface area contributed by atoms with Crippen molar-refractivity contribution in [3.05, 3.63) is 36.1 Å². The van der Waals surface area contributed by atoms with Gasteiger partial charge >= 0.3 is 0 Å². The van der Waals surface area contributed by atoms with Crippen LogP contribution in [0.5, 0.6) is 0 Å². The van der Waals surface area contributed by atoms with E-state index in [0.29, 0.717) is 5.92 Å². The molecule has 3 nitrogen and oxygen atoms in total. The van der Waals surface area contributed by atoms with Gasteiger partial charge in [0, 0.05) is 10.9 Å². The molecule has 0 atom stereocenters. The van der Waals surface area contributed by atoms with E-state index in [1.54, 1.807) is 0 Å². The summed E-state index contributed by atoms with van der Waals surface area (Å²) in [6.07, 6.45) is 8.71. The number of furan rings is 1. The van der Waals surface area contributed by atoms with E-state index in [1.807, 2.05) is 6.26 Å². The molecule has 4 rings (SSSR count). The van der Waals surface area contributed by atoms with Crippen LogP contribution in [0, 0.1) is 0 Å². The van der Waals surface area contributed by atoms with Gasteiger partial charge in [-0.25, -0.2) is 0 Å². The maximum Gasteiger partial charge on any atom is 0.134 e. The zero-order valence-corrected chi connectivity index (χ0v) is 13.3. The molecule has 2 aliphatic heterocycles. The van der Waals surface area contributed by atoms with Crippen LogP contribution in [-0.4, -0.2) is 42.6 Å². The molecule has 0 bridgehead atoms. The minimum Gasteiger partial charge on any atom is -0.464 e. The van der Waals surface area contributed by atoms with Gasteiger partial charge in [0.05, 0.1) is 12.9 Å². The summed E-state index contributed by atoms with van der Waals surface area (Å²) >= 11 is 0. The highest BCUT2D eigenvalue weighted by molar-refractivity contribution is 5.81. The van der Waals surface area contributed by atoms with Crippen molar-refractivity contribution in [3.8, 4) is 0 Å². The smallest absolute Gasteiger partial charge is 0.134 e. The summed E-state index contributed by atoms with van der Waals surface area (Å²) in [6, 6.07) is 8.45. The molecule has 0 radical (unpaired) electrons. The molecule has 0 saturated carbocycles. The van der Waals surface area contributed by atoms with Crippen molar-refractivity contribution >= 4 is 11.0 Å². The van der Waals surface area contributed by atoms with Crippen molar-refractivity contribution in [3.63, 3.8) is 0 Å². The van der Waals surface area contributed by atoms with E-state index in [9.17, 15) is 0 Å². The minimum absolute atomic E-state index is 0. The molecule has 1 aromatic carbocycles. The van der Waals surface area contributed by atoms with Gasteiger partial charge in [0.1, 0.15) is 5.58 Å². The number of hydrogen-bond donors (Lipinski definition) is 0. The number of benzene rings is 1. The topological polar surface area (TPSA) is 19.6 Å². The van der Waals surface area contributed by atoms with Crippen molar-refractivity contribution in [2.24, 2.45) is 0 Å². The van der Waals surface area contributed by atoms with Crippen LogP contribution >= 0.6 is 0 Å². The van der Waals surface area contributed by atoms with Crippen molar-refractivity contribution in [1.82, 2.24) is 9.80 Å². The first-order chi connectivity index (χ1) is 10.9. The second-order valence-electron chi connectivity index (χ2n) is 6.90. The lowest BCUT2D eigenvalue weighted by Gasteiger charge is -2.37. The quantitative estimate of drug-likeness (QED) is 0.758. The molecule has 0 aliphatic carbocycles. The summed E-state index contributed by atoms with van der Waals surface area (Å²) in [6.45, 7) is 6.22. The second kappa shape index (κ2) is 8.68. The van der Waals surface area contributed by atoms with Gasteiger partial charge in [0.25, 0.3) is 0 Å². The van der Waals surface area contributed by atoms with Gasteiger partial charge in [0.2, 0.25) is 0 Å². The molecule has 0 spiro atoms. The third kappa shape index (κ3) is 4.01. The minimum atomic E-state index is 0. The van der Waals surface area contributed by atoms with Gasteiger partial charge < -0.3 is 4.42 Å². The van der Waals surface area contributed by atoms with Crippen molar-refractivity contribution in [1.29, 1.82) is 0 Å². The van der Waals surface area contributed by atoms with E-state index < -0.39 is 0 Å². The third-order valence-corrected chi connectivity index (χ3v) is 5.39. The molecule has 0 N–H and O–H groups in total. The first-order valence-corrected chi connectivity index (χ1v) is 8.81. The summed E-state index contributed by atoms with van der Waals surface area (Å²) in [5.74, 6) is 0.668. The number of hydrogen-bond acceptors (Lipinski definition) is 3. The highest BCUT2D eigenvalue weighted by Gasteiger charge is 2.24. The molecule has 134 valence electrons. The standard InChI is InChI=1S/C19H26N2O.2CH4/c1-4-10-20(11-5-1)15-21-12-8-16(9-13-21)18-14-22-19-7-3-2-6-17(18)19;;/h2-3,6-7,14,16H,1,4-5,8-13,15H2;2*1H4. The first kappa shape index (κ1) is 19.0. The first-order valence-electron chi connectivity index (χ1n) is 8.81. The number of nitrogens with zero attached hydrogens (tertiary/aromatic N) is 2. The van der Waals surface area contributed by atoms with E-state index in [0.717, 1.165) is 5.58 Å². The number of para-hydroxylation sites is 1. The van der Waals surface area contributed by atoms with Crippen molar-refractivity contribution in [2.75, 3.05) is 32.8 Å². The van der Waals surface area contributed by atoms with Crippen LogP contribution in [0.15, 0.2) is 34.9 Å². The normalized spacial score (nSPS) is 20.5. The molecule has 2 saturated heterocycles. The molecule has 0 amide bonds. The highest BCUT2D eigenvalue weighted by Crippen LogP contribution is 2.34. The van der Waals surface area contributed by atoms with Crippen LogP contribution in [0.25, 0.3) is 11.0 Å². The summed E-state index contributed by atoms with van der Waals surface area (Å²) in [5.41, 5.74) is 2.46. The Labute approximate surface area is 147 Å². The SMILES string of the molecule is C.C.c1ccc2c(C3CCN(CN4CCCCC4)CC3)coc2c1. The molecule has 2 fully saturated rings. The molecule has 2 aliphatic rings. The number of rotatable bonds is 3. The van der Waals surface area contributed by atoms with Gasteiger partial charge in [-0.15, -0.1) is 0 Å². The highest BCUT2D eigenvalue weighted by atomic mass is 16.3. The van der Waals surface area contributed by atoms with Crippen LogP contribution in [0.2, 0.25) is 0 Å². The Hall–Kier alpha value is -1.32. The summed E-state index contributed by atoms with van der Waals surface area (Å²) in [7, 11) is 0. The predicted octanol–water partition coefficient (Wildman–Crippen LogP) is 5.33. The van der Waals surface area contributed by atoms with Gasteiger partial charge in [-0.05, 0) is 63.8 Å². The summed E-state index contributed by atoms with van der Waals surface area (Å²) in [4.78, 5) is 5.28. The van der Waals surface area contributed by atoms with E-state index in [1.165, 1.54) is 75.9 Å². The van der Waals surface area contributed by atoms with Crippen molar-refractivity contribution < 1.29 is 4.42 Å². The molecule has 0 unspecified atom stereocenters. The van der Waals surface area contributed by atoms with E-state index in [2.05, 4.69) is 34.1 Å². The Kier molecular flexibility index (Phi) is 6.88. The third-order valence-electron chi connectivity index (χ3n) is 5.39. The van der Waals surface area contributed by atoms with E-state index >= 15 is 0 Å². The van der Waals surface area contributed by atoms with Gasteiger partial charge in [0.15, 0.2) is 0 Å². The Morgan fingerprint density at radius 1 is 0.875 bits per heavy atom. The summed E-state index contributed by atoms with van der Waals surface area (Å²) in [5, 5.41) is 1.32. The van der Waals surface area contributed by atoms with Gasteiger partial charge in [-0.1, -0.05) is 39.5 Å². The lowest BCUT2D eigenvalue weighted by atomic mass is 9.89. The molecule has 1 aromatic heterocycles. The zero-order chi connectivity index (χ0) is 14.8. The molecule has 24 heavy (non-hydrogen) atoms. The molecule has 2 aromatic rings. The second-order valence-corrected chi connectivity index (χ2v) is 6.90. The molecule has 3 heterocycles. The largest absolute Gasteiger partial charge is 0.464 e.